The second-order valence-electron chi connectivity index (χ2n) is 8.17. The second-order valence-corrected chi connectivity index (χ2v) is 8.55. The molecule has 0 spiro atoms. The molecule has 2 aromatic carbocycles. The molecule has 1 aliphatic heterocycles. The van der Waals surface area contributed by atoms with Crippen molar-refractivity contribution in [1.82, 2.24) is 0 Å². The average Bonchev–Trinajstić information content (AvgIpc) is 2.68. The lowest BCUT2D eigenvalue weighted by Crippen LogP contribution is -2.36. The van der Waals surface area contributed by atoms with Crippen LogP contribution in [-0.2, 0) is 11.2 Å². The standard InChI is InChI=1S/C25H29ClN2O/c1-16(2)13-21-20(15-27)23(19-11-9-17(3)10-12-19)24(25(26)29)22(28-21)14-18-7-5-4-6-8-18/h4-12,16,22,24H,13-15,27H2,1-3H3. The summed E-state index contributed by atoms with van der Waals surface area (Å²) >= 11 is 6.19. The number of aryl methyl sites for hydroxylation is 1. The molecule has 2 aromatic rings. The Balaban J connectivity index is 2.15. The minimum absolute atomic E-state index is 0.234. The second kappa shape index (κ2) is 9.51. The van der Waals surface area contributed by atoms with Gasteiger partial charge in [0.05, 0.1) is 12.0 Å². The van der Waals surface area contributed by atoms with Crippen molar-refractivity contribution in [1.29, 1.82) is 0 Å². The molecule has 0 aliphatic carbocycles. The first-order valence-corrected chi connectivity index (χ1v) is 10.6. The summed E-state index contributed by atoms with van der Waals surface area (Å²) in [6.45, 7) is 6.74. The summed E-state index contributed by atoms with van der Waals surface area (Å²) in [6.07, 6.45) is 1.50. The minimum atomic E-state index is -0.506. The van der Waals surface area contributed by atoms with Crippen molar-refractivity contribution in [2.45, 2.75) is 39.7 Å². The van der Waals surface area contributed by atoms with Crippen LogP contribution in [-0.4, -0.2) is 23.5 Å². The third kappa shape index (κ3) is 5.04. The zero-order chi connectivity index (χ0) is 21.0. The maximum Gasteiger partial charge on any atom is 0.231 e. The third-order valence-corrected chi connectivity index (χ3v) is 5.63. The van der Waals surface area contributed by atoms with E-state index in [2.05, 4.69) is 57.2 Å². The van der Waals surface area contributed by atoms with Crippen LogP contribution in [0.3, 0.4) is 0 Å². The molecule has 3 rings (SSSR count). The maximum atomic E-state index is 12.7. The number of carbonyl (C=O) groups excluding carboxylic acids is 1. The molecule has 0 bridgehead atoms. The van der Waals surface area contributed by atoms with E-state index in [1.165, 1.54) is 5.56 Å². The number of nitrogens with zero attached hydrogens (tertiary/aromatic N) is 1. The fraction of sp³-hybridized carbons (Fsp3) is 0.360. The molecule has 0 saturated heterocycles. The molecule has 1 heterocycles. The monoisotopic (exact) mass is 408 g/mol. The molecule has 0 radical (unpaired) electrons. The molecule has 2 N–H and O–H groups in total. The number of aliphatic imine (C=N–C) groups is 1. The summed E-state index contributed by atoms with van der Waals surface area (Å²) in [6, 6.07) is 18.2. The zero-order valence-corrected chi connectivity index (χ0v) is 18.1. The zero-order valence-electron chi connectivity index (χ0n) is 17.4. The summed E-state index contributed by atoms with van der Waals surface area (Å²) < 4.78 is 0. The van der Waals surface area contributed by atoms with Gasteiger partial charge in [-0.25, -0.2) is 0 Å². The van der Waals surface area contributed by atoms with E-state index < -0.39 is 5.92 Å². The number of rotatable bonds is 7. The Kier molecular flexibility index (Phi) is 7.05. The highest BCUT2D eigenvalue weighted by atomic mass is 35.5. The van der Waals surface area contributed by atoms with Gasteiger partial charge < -0.3 is 5.73 Å². The molecule has 4 heteroatoms. The van der Waals surface area contributed by atoms with E-state index >= 15 is 0 Å². The molecule has 2 unspecified atom stereocenters. The molecule has 0 saturated carbocycles. The lowest BCUT2D eigenvalue weighted by atomic mass is 9.77. The number of benzene rings is 2. The van der Waals surface area contributed by atoms with Crippen LogP contribution < -0.4 is 5.73 Å². The van der Waals surface area contributed by atoms with Crippen molar-refractivity contribution in [3.8, 4) is 0 Å². The minimum Gasteiger partial charge on any atom is -0.326 e. The van der Waals surface area contributed by atoms with E-state index in [1.807, 2.05) is 18.2 Å². The van der Waals surface area contributed by atoms with Crippen molar-refractivity contribution in [3.63, 3.8) is 0 Å². The highest BCUT2D eigenvalue weighted by molar-refractivity contribution is 6.65. The number of dihydropyridines is 1. The topological polar surface area (TPSA) is 55.4 Å². The van der Waals surface area contributed by atoms with E-state index in [0.29, 0.717) is 18.9 Å². The molecule has 3 nitrogen and oxygen atoms in total. The first kappa shape index (κ1) is 21.5. The normalized spacial score (nSPS) is 19.4. The summed E-state index contributed by atoms with van der Waals surface area (Å²) in [4.78, 5) is 17.7. The van der Waals surface area contributed by atoms with Crippen LogP contribution in [0.25, 0.3) is 5.57 Å². The average molecular weight is 409 g/mol. The number of nitrogens with two attached hydrogens (primary N) is 1. The summed E-state index contributed by atoms with van der Waals surface area (Å²) in [5, 5.41) is -0.375. The van der Waals surface area contributed by atoms with E-state index in [4.69, 9.17) is 22.3 Å². The van der Waals surface area contributed by atoms with Crippen molar-refractivity contribution < 1.29 is 4.79 Å². The quantitative estimate of drug-likeness (QED) is 0.640. The summed E-state index contributed by atoms with van der Waals surface area (Å²) in [5.41, 5.74) is 12.4. The van der Waals surface area contributed by atoms with Gasteiger partial charge in [0, 0.05) is 12.3 Å². The molecule has 0 fully saturated rings. The van der Waals surface area contributed by atoms with E-state index in [0.717, 1.165) is 34.4 Å². The van der Waals surface area contributed by atoms with Crippen LogP contribution in [0.15, 0.2) is 65.2 Å². The number of halogens is 1. The summed E-state index contributed by atoms with van der Waals surface area (Å²) in [5.74, 6) is -0.0655. The van der Waals surface area contributed by atoms with Gasteiger partial charge in [0.2, 0.25) is 5.24 Å². The van der Waals surface area contributed by atoms with Crippen LogP contribution in [0, 0.1) is 18.8 Å². The Morgan fingerprint density at radius 2 is 1.76 bits per heavy atom. The van der Waals surface area contributed by atoms with Crippen LogP contribution in [0.4, 0.5) is 0 Å². The number of carbonyl (C=O) groups is 1. The molecular formula is C25H29ClN2O. The van der Waals surface area contributed by atoms with Crippen LogP contribution >= 0.6 is 11.6 Å². The first-order chi connectivity index (χ1) is 13.9. The predicted molar refractivity (Wildman–Crippen MR) is 122 cm³/mol. The highest BCUT2D eigenvalue weighted by Gasteiger charge is 2.37. The maximum absolute atomic E-state index is 12.7. The largest absolute Gasteiger partial charge is 0.326 e. The molecular weight excluding hydrogens is 380 g/mol. The van der Waals surface area contributed by atoms with Gasteiger partial charge in [0.25, 0.3) is 0 Å². The van der Waals surface area contributed by atoms with E-state index in [1.54, 1.807) is 0 Å². The molecule has 2 atom stereocenters. The van der Waals surface area contributed by atoms with Gasteiger partial charge in [-0.05, 0) is 59.6 Å². The van der Waals surface area contributed by atoms with E-state index in [9.17, 15) is 4.79 Å². The lowest BCUT2D eigenvalue weighted by Gasteiger charge is -2.33. The van der Waals surface area contributed by atoms with Gasteiger partial charge in [-0.1, -0.05) is 74.0 Å². The van der Waals surface area contributed by atoms with Gasteiger partial charge in [-0.2, -0.15) is 0 Å². The molecule has 29 heavy (non-hydrogen) atoms. The van der Waals surface area contributed by atoms with Gasteiger partial charge in [-0.3, -0.25) is 9.79 Å². The molecule has 152 valence electrons. The fourth-order valence-corrected chi connectivity index (χ4v) is 4.30. The lowest BCUT2D eigenvalue weighted by molar-refractivity contribution is -0.114. The third-order valence-electron chi connectivity index (χ3n) is 5.39. The number of hydrogen-bond acceptors (Lipinski definition) is 3. The van der Waals surface area contributed by atoms with E-state index in [-0.39, 0.29) is 11.3 Å². The summed E-state index contributed by atoms with van der Waals surface area (Å²) in [7, 11) is 0. The van der Waals surface area contributed by atoms with Crippen molar-refractivity contribution in [2.24, 2.45) is 22.6 Å². The first-order valence-electron chi connectivity index (χ1n) is 10.2. The Hall–Kier alpha value is -2.23. The van der Waals surface area contributed by atoms with Crippen LogP contribution in [0.5, 0.6) is 0 Å². The predicted octanol–water partition coefficient (Wildman–Crippen LogP) is 5.20. The SMILES string of the molecule is Cc1ccc(C2=C(CN)C(CC(C)C)=NC(Cc3ccccc3)C2C(=O)Cl)cc1. The van der Waals surface area contributed by atoms with Gasteiger partial charge in [0.15, 0.2) is 0 Å². The van der Waals surface area contributed by atoms with Gasteiger partial charge >= 0.3 is 0 Å². The molecule has 0 aromatic heterocycles. The van der Waals surface area contributed by atoms with Crippen LogP contribution in [0.2, 0.25) is 0 Å². The van der Waals surface area contributed by atoms with Crippen molar-refractivity contribution in [2.75, 3.05) is 6.54 Å². The molecule has 0 amide bonds. The fourth-order valence-electron chi connectivity index (χ4n) is 4.05. The van der Waals surface area contributed by atoms with Crippen molar-refractivity contribution >= 4 is 28.1 Å². The Morgan fingerprint density at radius 3 is 2.31 bits per heavy atom. The van der Waals surface area contributed by atoms with Gasteiger partial charge in [-0.15, -0.1) is 0 Å². The Labute approximate surface area is 178 Å². The van der Waals surface area contributed by atoms with Gasteiger partial charge in [0.1, 0.15) is 0 Å². The van der Waals surface area contributed by atoms with Crippen LogP contribution in [0.1, 0.15) is 37.0 Å². The Bertz CT molecular complexity index is 914. The molecule has 1 aliphatic rings. The number of hydrogen-bond donors (Lipinski definition) is 1. The smallest absolute Gasteiger partial charge is 0.231 e. The Morgan fingerprint density at radius 1 is 1.10 bits per heavy atom. The highest BCUT2D eigenvalue weighted by Crippen LogP contribution is 2.38. The van der Waals surface area contributed by atoms with Crippen molar-refractivity contribution in [3.05, 3.63) is 76.9 Å².